The molecule has 5 unspecified atom stereocenters. The molecule has 0 spiro atoms. The third-order valence-electron chi connectivity index (χ3n) is 5.43. The molecule has 12 heteroatoms. The third-order valence-corrected chi connectivity index (χ3v) is 5.43. The van der Waals surface area contributed by atoms with E-state index in [1.54, 1.807) is 18.7 Å². The van der Waals surface area contributed by atoms with Gasteiger partial charge in [-0.2, -0.15) is 0 Å². The lowest BCUT2D eigenvalue weighted by molar-refractivity contribution is -0.190. The van der Waals surface area contributed by atoms with Crippen molar-refractivity contribution < 1.29 is 38.4 Å². The molecule has 5 atom stereocenters. The number of esters is 1. The predicted octanol–water partition coefficient (Wildman–Crippen LogP) is -0.536. The van der Waals surface area contributed by atoms with Gasteiger partial charge in [0.1, 0.15) is 47.8 Å². The van der Waals surface area contributed by atoms with Crippen LogP contribution in [0.25, 0.3) is 0 Å². The van der Waals surface area contributed by atoms with E-state index in [1.165, 1.54) is 20.4 Å². The fraction of sp³-hybridized carbons (Fsp3) is 0.632. The maximum Gasteiger partial charge on any atom is 0.318 e. The Hall–Kier alpha value is -2.67. The number of hydrogen-bond donors (Lipinski definition) is 2. The molecule has 0 bridgehead atoms. The lowest BCUT2D eigenvalue weighted by atomic mass is 9.92. The Labute approximate surface area is 177 Å². The summed E-state index contributed by atoms with van der Waals surface area (Å²) in [6.07, 6.45) is -1.46. The summed E-state index contributed by atoms with van der Waals surface area (Å²) in [5, 5.41) is 12.3. The largest absolute Gasteiger partial charge is 0.468 e. The lowest BCUT2D eigenvalue weighted by Crippen LogP contribution is -2.52. The third kappa shape index (κ3) is 3.65. The summed E-state index contributed by atoms with van der Waals surface area (Å²) in [6, 6.07) is 0. The predicted molar refractivity (Wildman–Crippen MR) is 103 cm³/mol. The van der Waals surface area contributed by atoms with Gasteiger partial charge in [-0.05, 0) is 13.8 Å². The van der Waals surface area contributed by atoms with Crippen LogP contribution in [0.4, 0.5) is 11.6 Å². The van der Waals surface area contributed by atoms with Crippen LogP contribution in [0.1, 0.15) is 31.1 Å². The van der Waals surface area contributed by atoms with Crippen LogP contribution in [0.5, 0.6) is 0 Å². The van der Waals surface area contributed by atoms with Gasteiger partial charge in [0.25, 0.3) is 0 Å². The molecule has 1 aromatic heterocycles. The van der Waals surface area contributed by atoms with E-state index in [9.17, 15) is 19.5 Å². The first-order valence-electron chi connectivity index (χ1n) is 9.80. The Balaban J connectivity index is 1.79. The number of amides is 1. The van der Waals surface area contributed by atoms with Crippen LogP contribution in [0.3, 0.4) is 0 Å². The number of ether oxygens (including phenoxy) is 4. The standard InChI is InChI=1S/C19H24N4O8/c1-8(25)22-15-11-12(26)9(18(27)28-4)5-23(16(11)21-7-20-15)17-14-13(10(6-24)29-17)30-19(2,3)31-14/h7,9-10,13-14,17,24H,5-6H2,1-4H3,(H,20,21,22,25). The Morgan fingerprint density at radius 1 is 1.32 bits per heavy atom. The second-order valence-electron chi connectivity index (χ2n) is 8.01. The first kappa shape index (κ1) is 21.6. The number of aromatic nitrogens is 2. The number of hydrogen-bond acceptors (Lipinski definition) is 11. The van der Waals surface area contributed by atoms with Crippen molar-refractivity contribution in [2.24, 2.45) is 5.92 Å². The van der Waals surface area contributed by atoms with Crippen molar-refractivity contribution in [1.29, 1.82) is 0 Å². The van der Waals surface area contributed by atoms with Gasteiger partial charge in [0.05, 0.1) is 13.7 Å². The zero-order valence-corrected chi connectivity index (χ0v) is 17.5. The molecule has 31 heavy (non-hydrogen) atoms. The van der Waals surface area contributed by atoms with E-state index in [0.717, 1.165) is 0 Å². The molecule has 1 amide bonds. The Kier molecular flexibility index (Phi) is 5.41. The molecular formula is C19H24N4O8. The quantitative estimate of drug-likeness (QED) is 0.463. The zero-order valence-electron chi connectivity index (χ0n) is 17.5. The molecule has 0 saturated carbocycles. The Bertz CT molecular complexity index is 922. The normalized spacial score (nSPS) is 31.2. The van der Waals surface area contributed by atoms with Gasteiger partial charge in [-0.25, -0.2) is 9.97 Å². The number of fused-ring (bicyclic) bond motifs is 2. The highest BCUT2D eigenvalue weighted by molar-refractivity contribution is 6.16. The van der Waals surface area contributed by atoms with Crippen molar-refractivity contribution in [1.82, 2.24) is 9.97 Å². The van der Waals surface area contributed by atoms with Gasteiger partial charge < -0.3 is 34.3 Å². The molecule has 0 aliphatic carbocycles. The summed E-state index contributed by atoms with van der Waals surface area (Å²) >= 11 is 0. The van der Waals surface area contributed by atoms with Crippen LogP contribution in [0.2, 0.25) is 0 Å². The van der Waals surface area contributed by atoms with E-state index in [1.807, 2.05) is 0 Å². The Morgan fingerprint density at radius 2 is 2.03 bits per heavy atom. The first-order valence-corrected chi connectivity index (χ1v) is 9.80. The fourth-order valence-corrected chi connectivity index (χ4v) is 4.23. The highest BCUT2D eigenvalue weighted by Crippen LogP contribution is 2.43. The van der Waals surface area contributed by atoms with Gasteiger partial charge in [-0.1, -0.05) is 0 Å². The van der Waals surface area contributed by atoms with E-state index in [-0.39, 0.29) is 30.4 Å². The second-order valence-corrected chi connectivity index (χ2v) is 8.01. The van der Waals surface area contributed by atoms with E-state index in [2.05, 4.69) is 15.3 Å². The average Bonchev–Trinajstić information content (AvgIpc) is 3.20. The molecule has 4 rings (SSSR count). The number of Topliss-reactive ketones (excluding diaryl/α,β-unsaturated/α-hetero) is 1. The van der Waals surface area contributed by atoms with Crippen LogP contribution in [0.15, 0.2) is 6.33 Å². The fourth-order valence-electron chi connectivity index (χ4n) is 4.23. The smallest absolute Gasteiger partial charge is 0.318 e. The van der Waals surface area contributed by atoms with Gasteiger partial charge >= 0.3 is 5.97 Å². The SMILES string of the molecule is COC(=O)C1CN(C2OC(CO)C3OC(C)(C)OC32)c2ncnc(NC(C)=O)c2C1=O. The van der Waals surface area contributed by atoms with Crippen molar-refractivity contribution in [2.45, 2.75) is 51.1 Å². The molecular weight excluding hydrogens is 412 g/mol. The molecule has 4 heterocycles. The minimum Gasteiger partial charge on any atom is -0.468 e. The highest BCUT2D eigenvalue weighted by Gasteiger charge is 2.58. The van der Waals surface area contributed by atoms with Crippen molar-refractivity contribution in [3.8, 4) is 0 Å². The van der Waals surface area contributed by atoms with E-state index in [4.69, 9.17) is 18.9 Å². The van der Waals surface area contributed by atoms with E-state index < -0.39 is 53.9 Å². The molecule has 0 radical (unpaired) electrons. The number of anilines is 2. The molecule has 1 aromatic rings. The number of methoxy groups -OCH3 is 1. The van der Waals surface area contributed by atoms with Crippen LogP contribution in [0, 0.1) is 5.92 Å². The first-order chi connectivity index (χ1) is 14.7. The minimum atomic E-state index is -1.19. The molecule has 2 N–H and O–H groups in total. The van der Waals surface area contributed by atoms with E-state index >= 15 is 0 Å². The second kappa shape index (κ2) is 7.79. The van der Waals surface area contributed by atoms with Crippen molar-refractivity contribution in [2.75, 3.05) is 30.5 Å². The number of aliphatic hydroxyl groups is 1. The van der Waals surface area contributed by atoms with Gasteiger partial charge in [-0.15, -0.1) is 0 Å². The lowest BCUT2D eigenvalue weighted by Gasteiger charge is -2.38. The highest BCUT2D eigenvalue weighted by atomic mass is 16.8. The number of carbonyl (C=O) groups is 3. The molecule has 3 aliphatic heterocycles. The number of nitrogens with one attached hydrogen (secondary N) is 1. The molecule has 3 aliphatic rings. The number of rotatable bonds is 4. The van der Waals surface area contributed by atoms with Crippen molar-refractivity contribution in [3.63, 3.8) is 0 Å². The minimum absolute atomic E-state index is 0.0155. The van der Waals surface area contributed by atoms with Gasteiger partial charge in [0.15, 0.2) is 17.8 Å². The summed E-state index contributed by atoms with van der Waals surface area (Å²) in [7, 11) is 1.19. The summed E-state index contributed by atoms with van der Waals surface area (Å²) < 4.78 is 22.7. The number of carbonyl (C=O) groups excluding carboxylic acids is 3. The van der Waals surface area contributed by atoms with Gasteiger partial charge in [-0.3, -0.25) is 14.4 Å². The van der Waals surface area contributed by atoms with Crippen molar-refractivity contribution >= 4 is 29.3 Å². The molecule has 0 aromatic carbocycles. The molecule has 2 saturated heterocycles. The van der Waals surface area contributed by atoms with Crippen molar-refractivity contribution in [3.05, 3.63) is 11.9 Å². The number of aliphatic hydroxyl groups excluding tert-OH is 1. The number of nitrogens with zero attached hydrogens (tertiary/aromatic N) is 3. The summed E-state index contributed by atoms with van der Waals surface area (Å²) in [4.78, 5) is 47.0. The monoisotopic (exact) mass is 436 g/mol. The topological polar surface area (TPSA) is 149 Å². The van der Waals surface area contributed by atoms with Crippen LogP contribution >= 0.6 is 0 Å². The Morgan fingerprint density at radius 3 is 2.68 bits per heavy atom. The molecule has 2 fully saturated rings. The van der Waals surface area contributed by atoms with Gasteiger partial charge in [0, 0.05) is 13.5 Å². The molecule has 12 nitrogen and oxygen atoms in total. The zero-order chi connectivity index (χ0) is 22.5. The maximum atomic E-state index is 13.1. The van der Waals surface area contributed by atoms with Gasteiger partial charge in [0.2, 0.25) is 5.91 Å². The van der Waals surface area contributed by atoms with E-state index in [0.29, 0.717) is 0 Å². The van der Waals surface area contributed by atoms with Crippen LogP contribution < -0.4 is 10.2 Å². The average molecular weight is 436 g/mol. The summed E-state index contributed by atoms with van der Waals surface area (Å²) in [5.74, 6) is -3.68. The summed E-state index contributed by atoms with van der Waals surface area (Å²) in [5.41, 5.74) is -0.0230. The number of ketones is 1. The maximum absolute atomic E-state index is 13.1. The van der Waals surface area contributed by atoms with Crippen LogP contribution in [-0.4, -0.2) is 83.3 Å². The molecule has 168 valence electrons. The van der Waals surface area contributed by atoms with Crippen LogP contribution in [-0.2, 0) is 28.5 Å². The summed E-state index contributed by atoms with van der Waals surface area (Å²) in [6.45, 7) is 4.38.